The molecule has 4 unspecified atom stereocenters. The number of ether oxygens (including phenoxy) is 1. The molecule has 2 nitrogen and oxygen atoms in total. The van der Waals surface area contributed by atoms with Gasteiger partial charge in [0, 0.05) is 24.2 Å². The largest absolute Gasteiger partial charge is 0.374 e. The number of hydrogen-bond donors (Lipinski definition) is 0. The van der Waals surface area contributed by atoms with Crippen molar-refractivity contribution in [2.24, 2.45) is 23.7 Å². The zero-order valence-electron chi connectivity index (χ0n) is 11.6. The van der Waals surface area contributed by atoms with E-state index < -0.39 is 0 Å². The van der Waals surface area contributed by atoms with Crippen LogP contribution in [0.4, 0.5) is 0 Å². The van der Waals surface area contributed by atoms with Crippen LogP contribution in [0.25, 0.3) is 0 Å². The maximum Gasteiger partial charge on any atom is 0.139 e. The van der Waals surface area contributed by atoms with Crippen molar-refractivity contribution in [1.82, 2.24) is 0 Å². The molecule has 0 aromatic rings. The summed E-state index contributed by atoms with van der Waals surface area (Å²) >= 11 is 2.00. The number of fused-ring (bicyclic) bond motifs is 1. The smallest absolute Gasteiger partial charge is 0.139 e. The second-order valence-electron chi connectivity index (χ2n) is 7.06. The van der Waals surface area contributed by atoms with E-state index in [-0.39, 0.29) is 5.60 Å². The molecule has 1 spiro atoms. The fraction of sp³-hybridized carbons (Fsp3) is 0.938. The highest BCUT2D eigenvalue weighted by Crippen LogP contribution is 2.57. The van der Waals surface area contributed by atoms with Crippen LogP contribution in [0, 0.1) is 23.7 Å². The molecule has 2 heterocycles. The molecule has 0 aromatic heterocycles. The highest BCUT2D eigenvalue weighted by atomic mass is 32.2. The highest BCUT2D eigenvalue weighted by Gasteiger charge is 2.56. The Morgan fingerprint density at radius 3 is 2.63 bits per heavy atom. The zero-order valence-corrected chi connectivity index (χ0v) is 12.4. The minimum atomic E-state index is 0.0727. The molecule has 2 aliphatic heterocycles. The molecule has 0 aromatic carbocycles. The van der Waals surface area contributed by atoms with Gasteiger partial charge in [0.05, 0.1) is 5.60 Å². The number of hydrogen-bond acceptors (Lipinski definition) is 3. The van der Waals surface area contributed by atoms with E-state index in [0.717, 1.165) is 37.0 Å². The molecule has 0 amide bonds. The second-order valence-corrected chi connectivity index (χ2v) is 8.17. The molecule has 19 heavy (non-hydrogen) atoms. The van der Waals surface area contributed by atoms with Crippen molar-refractivity contribution in [2.75, 3.05) is 18.1 Å². The number of carbonyl (C=O) groups excluding carboxylic acids is 1. The zero-order chi connectivity index (χ0) is 12.9. The quantitative estimate of drug-likeness (QED) is 0.776. The van der Waals surface area contributed by atoms with Gasteiger partial charge >= 0.3 is 0 Å². The third kappa shape index (κ3) is 2.17. The molecule has 4 fully saturated rings. The third-order valence-corrected chi connectivity index (χ3v) is 7.17. The van der Waals surface area contributed by atoms with E-state index in [4.69, 9.17) is 4.74 Å². The maximum absolute atomic E-state index is 12.8. The van der Waals surface area contributed by atoms with Crippen molar-refractivity contribution in [3.8, 4) is 0 Å². The van der Waals surface area contributed by atoms with Crippen LogP contribution < -0.4 is 0 Å². The average Bonchev–Trinajstić information content (AvgIpc) is 3.02. The predicted molar refractivity (Wildman–Crippen MR) is 77.3 cm³/mol. The lowest BCUT2D eigenvalue weighted by Gasteiger charge is -2.37. The lowest BCUT2D eigenvalue weighted by atomic mass is 9.81. The topological polar surface area (TPSA) is 26.3 Å². The number of ketones is 1. The van der Waals surface area contributed by atoms with Crippen molar-refractivity contribution in [2.45, 2.75) is 50.5 Å². The molecule has 4 rings (SSSR count). The van der Waals surface area contributed by atoms with Gasteiger partial charge in [0.1, 0.15) is 5.78 Å². The first-order valence-electron chi connectivity index (χ1n) is 8.05. The van der Waals surface area contributed by atoms with Crippen LogP contribution >= 0.6 is 11.8 Å². The van der Waals surface area contributed by atoms with Gasteiger partial charge in [0.2, 0.25) is 0 Å². The summed E-state index contributed by atoms with van der Waals surface area (Å²) in [7, 11) is 0. The van der Waals surface area contributed by atoms with Gasteiger partial charge in [-0.05, 0) is 49.7 Å². The Kier molecular flexibility index (Phi) is 3.19. The van der Waals surface area contributed by atoms with Crippen LogP contribution in [-0.4, -0.2) is 29.5 Å². The van der Waals surface area contributed by atoms with Gasteiger partial charge in [-0.25, -0.2) is 0 Å². The van der Waals surface area contributed by atoms with Crippen molar-refractivity contribution >= 4 is 17.5 Å². The maximum atomic E-state index is 12.8. The minimum Gasteiger partial charge on any atom is -0.374 e. The van der Waals surface area contributed by atoms with E-state index in [1.807, 2.05) is 11.8 Å². The summed E-state index contributed by atoms with van der Waals surface area (Å²) in [4.78, 5) is 12.8. The average molecular weight is 280 g/mol. The number of rotatable bonds is 2. The minimum absolute atomic E-state index is 0.0727. The van der Waals surface area contributed by atoms with Crippen LogP contribution in [0.15, 0.2) is 0 Å². The van der Waals surface area contributed by atoms with Crippen LogP contribution in [0.1, 0.15) is 44.9 Å². The molecule has 0 N–H and O–H groups in total. The van der Waals surface area contributed by atoms with Crippen LogP contribution in [0.3, 0.4) is 0 Å². The normalized spacial score (nSPS) is 49.1. The molecule has 4 atom stereocenters. The van der Waals surface area contributed by atoms with Gasteiger partial charge in [0.25, 0.3) is 0 Å². The first-order chi connectivity index (χ1) is 9.29. The van der Waals surface area contributed by atoms with E-state index >= 15 is 0 Å². The summed E-state index contributed by atoms with van der Waals surface area (Å²) in [5.41, 5.74) is 0.0727. The molecular weight excluding hydrogens is 256 g/mol. The van der Waals surface area contributed by atoms with Crippen molar-refractivity contribution in [3.63, 3.8) is 0 Å². The van der Waals surface area contributed by atoms with Gasteiger partial charge in [-0.3, -0.25) is 4.79 Å². The Bertz CT molecular complexity index is 363. The van der Waals surface area contributed by atoms with Gasteiger partial charge in [-0.1, -0.05) is 12.8 Å². The fourth-order valence-corrected chi connectivity index (χ4v) is 6.20. The van der Waals surface area contributed by atoms with E-state index in [1.165, 1.54) is 37.9 Å². The Morgan fingerprint density at radius 2 is 1.95 bits per heavy atom. The Labute approximate surface area is 120 Å². The summed E-state index contributed by atoms with van der Waals surface area (Å²) < 4.78 is 6.05. The molecule has 2 saturated heterocycles. The SMILES string of the molecule is O=C(C1CCOC2(CCSC2)C1)C1C2CCCCC21. The summed E-state index contributed by atoms with van der Waals surface area (Å²) in [5.74, 6) is 5.29. The van der Waals surface area contributed by atoms with Gasteiger partial charge in [-0.15, -0.1) is 0 Å². The summed E-state index contributed by atoms with van der Waals surface area (Å²) in [6.07, 6.45) is 8.55. The van der Waals surface area contributed by atoms with E-state index in [9.17, 15) is 4.79 Å². The first kappa shape index (κ1) is 12.7. The van der Waals surface area contributed by atoms with E-state index in [2.05, 4.69) is 0 Å². The van der Waals surface area contributed by atoms with Gasteiger partial charge in [-0.2, -0.15) is 11.8 Å². The summed E-state index contributed by atoms with van der Waals surface area (Å²) in [6.45, 7) is 0.818. The molecule has 2 saturated carbocycles. The standard InChI is InChI=1S/C16H24O2S/c17-15(14-12-3-1-2-4-13(12)14)11-5-7-18-16(9-11)6-8-19-10-16/h11-14H,1-10H2. The first-order valence-corrected chi connectivity index (χ1v) is 9.20. The lowest BCUT2D eigenvalue weighted by molar-refractivity contribution is -0.135. The van der Waals surface area contributed by atoms with Gasteiger partial charge < -0.3 is 4.74 Å². The van der Waals surface area contributed by atoms with Crippen LogP contribution in [0.2, 0.25) is 0 Å². The van der Waals surface area contributed by atoms with Crippen LogP contribution in [0.5, 0.6) is 0 Å². The number of thioether (sulfide) groups is 1. The van der Waals surface area contributed by atoms with Crippen LogP contribution in [-0.2, 0) is 9.53 Å². The van der Waals surface area contributed by atoms with Gasteiger partial charge in [0.15, 0.2) is 0 Å². The van der Waals surface area contributed by atoms with E-state index in [1.54, 1.807) is 0 Å². The van der Waals surface area contributed by atoms with Crippen molar-refractivity contribution in [3.05, 3.63) is 0 Å². The molecule has 0 bridgehead atoms. The molecule has 4 aliphatic rings. The second kappa shape index (κ2) is 4.77. The molecular formula is C16H24O2S. The Hall–Kier alpha value is -0.0200. The van der Waals surface area contributed by atoms with Crippen molar-refractivity contribution in [1.29, 1.82) is 0 Å². The third-order valence-electron chi connectivity index (χ3n) is 5.95. The lowest BCUT2D eigenvalue weighted by Crippen LogP contribution is -2.42. The molecule has 106 valence electrons. The molecule has 0 radical (unpaired) electrons. The summed E-state index contributed by atoms with van der Waals surface area (Å²) in [6, 6.07) is 0. The summed E-state index contributed by atoms with van der Waals surface area (Å²) in [5, 5.41) is 0. The van der Waals surface area contributed by atoms with Crippen molar-refractivity contribution < 1.29 is 9.53 Å². The highest BCUT2D eigenvalue weighted by molar-refractivity contribution is 7.99. The Balaban J connectivity index is 1.43. The monoisotopic (exact) mass is 280 g/mol. The number of carbonyl (C=O) groups is 1. The number of Topliss-reactive ketones (excluding diaryl/α,β-unsaturated/α-hetero) is 1. The molecule has 2 aliphatic carbocycles. The Morgan fingerprint density at radius 1 is 1.16 bits per heavy atom. The van der Waals surface area contributed by atoms with E-state index in [0.29, 0.717) is 17.6 Å². The fourth-order valence-electron chi connectivity index (χ4n) is 4.82. The molecule has 3 heteroatoms. The predicted octanol–water partition coefficient (Wildman–Crippen LogP) is 3.29.